The van der Waals surface area contributed by atoms with Crippen molar-refractivity contribution in [2.24, 2.45) is 23.7 Å². The number of carboxylic acid groups (broad SMARTS) is 2. The summed E-state index contributed by atoms with van der Waals surface area (Å²) in [5.41, 5.74) is 0. The second-order valence-corrected chi connectivity index (χ2v) is 4.32. The Bertz CT molecular complexity index is 223. The number of carbonyl (C=O) groups is 2. The van der Waals surface area contributed by atoms with E-state index in [0.717, 1.165) is 12.8 Å². The molecule has 80 valence electrons. The molecule has 0 spiro atoms. The zero-order valence-electron chi connectivity index (χ0n) is 8.43. The van der Waals surface area contributed by atoms with E-state index in [-0.39, 0.29) is 11.8 Å². The maximum atomic E-state index is 9.97. The van der Waals surface area contributed by atoms with Crippen molar-refractivity contribution in [2.45, 2.75) is 26.7 Å². The molecule has 2 rings (SSSR count). The fourth-order valence-electron chi connectivity index (χ4n) is 1.33. The fourth-order valence-corrected chi connectivity index (χ4v) is 1.33. The summed E-state index contributed by atoms with van der Waals surface area (Å²) in [6.45, 7) is 3.91. The van der Waals surface area contributed by atoms with Crippen LogP contribution in [0.3, 0.4) is 0 Å². The fraction of sp³-hybridized carbons (Fsp3) is 0.800. The highest BCUT2D eigenvalue weighted by Crippen LogP contribution is 2.37. The molecule has 0 saturated heterocycles. The van der Waals surface area contributed by atoms with Gasteiger partial charge in [0.15, 0.2) is 0 Å². The summed E-state index contributed by atoms with van der Waals surface area (Å²) in [6.07, 6.45) is 1.77. The minimum absolute atomic E-state index is 0.0139. The van der Waals surface area contributed by atoms with Crippen LogP contribution in [0.1, 0.15) is 26.7 Å². The predicted octanol–water partition coefficient (Wildman–Crippen LogP) is 1.45. The van der Waals surface area contributed by atoms with E-state index in [1.807, 2.05) is 13.8 Å². The first-order valence-corrected chi connectivity index (χ1v) is 4.89. The highest BCUT2D eigenvalue weighted by molar-refractivity contribution is 5.73. The van der Waals surface area contributed by atoms with Gasteiger partial charge in [-0.25, -0.2) is 0 Å². The van der Waals surface area contributed by atoms with Crippen LogP contribution >= 0.6 is 0 Å². The van der Waals surface area contributed by atoms with Crippen molar-refractivity contribution < 1.29 is 19.8 Å². The van der Waals surface area contributed by atoms with E-state index in [1.54, 1.807) is 0 Å². The van der Waals surface area contributed by atoms with Crippen LogP contribution in [0.25, 0.3) is 0 Å². The van der Waals surface area contributed by atoms with Crippen molar-refractivity contribution in [1.82, 2.24) is 0 Å². The van der Waals surface area contributed by atoms with Crippen molar-refractivity contribution in [1.29, 1.82) is 0 Å². The third kappa shape index (κ3) is 3.01. The second kappa shape index (κ2) is 3.98. The lowest BCUT2D eigenvalue weighted by Gasteiger charge is -1.79. The van der Waals surface area contributed by atoms with E-state index < -0.39 is 11.9 Å². The van der Waals surface area contributed by atoms with E-state index in [2.05, 4.69) is 0 Å². The Morgan fingerprint density at radius 2 is 1.14 bits per heavy atom. The van der Waals surface area contributed by atoms with Crippen molar-refractivity contribution in [3.63, 3.8) is 0 Å². The normalized spacial score (nSPS) is 37.9. The van der Waals surface area contributed by atoms with Crippen LogP contribution in [-0.4, -0.2) is 22.2 Å². The summed E-state index contributed by atoms with van der Waals surface area (Å²) in [7, 11) is 0. The van der Waals surface area contributed by atoms with Crippen LogP contribution in [0, 0.1) is 23.7 Å². The SMILES string of the molecule is C[C@@H]1C[C@H]1C(=O)O.C[C@H]1C[C@@H]1C(=O)O. The number of rotatable bonds is 2. The Balaban J connectivity index is 0.000000140. The number of hydrogen-bond acceptors (Lipinski definition) is 2. The van der Waals surface area contributed by atoms with Gasteiger partial charge < -0.3 is 10.2 Å². The molecular formula is C10H16O4. The van der Waals surface area contributed by atoms with Gasteiger partial charge in [-0.2, -0.15) is 0 Å². The van der Waals surface area contributed by atoms with E-state index >= 15 is 0 Å². The molecule has 4 atom stereocenters. The highest BCUT2D eigenvalue weighted by atomic mass is 16.4. The van der Waals surface area contributed by atoms with Gasteiger partial charge in [-0.3, -0.25) is 9.59 Å². The average molecular weight is 200 g/mol. The first-order valence-electron chi connectivity index (χ1n) is 4.89. The Kier molecular flexibility index (Phi) is 3.13. The molecule has 0 aromatic carbocycles. The Hall–Kier alpha value is -1.06. The molecule has 2 aliphatic carbocycles. The molecule has 4 nitrogen and oxygen atoms in total. The van der Waals surface area contributed by atoms with Crippen LogP contribution in [0.4, 0.5) is 0 Å². The summed E-state index contributed by atoms with van der Waals surface area (Å²) in [5.74, 6) is -0.407. The molecule has 14 heavy (non-hydrogen) atoms. The third-order valence-electron chi connectivity index (χ3n) is 2.85. The first kappa shape index (κ1) is 11.0. The molecule has 0 aromatic heterocycles. The van der Waals surface area contributed by atoms with Crippen LogP contribution < -0.4 is 0 Å². The van der Waals surface area contributed by atoms with Crippen molar-refractivity contribution in [3.05, 3.63) is 0 Å². The maximum absolute atomic E-state index is 9.97. The smallest absolute Gasteiger partial charge is 0.306 e. The molecule has 0 radical (unpaired) electrons. The molecule has 2 N–H and O–H groups in total. The molecule has 0 aliphatic heterocycles. The van der Waals surface area contributed by atoms with Gasteiger partial charge in [0.25, 0.3) is 0 Å². The topological polar surface area (TPSA) is 74.6 Å². The molecule has 0 unspecified atom stereocenters. The zero-order valence-corrected chi connectivity index (χ0v) is 8.43. The predicted molar refractivity (Wildman–Crippen MR) is 49.8 cm³/mol. The van der Waals surface area contributed by atoms with Crippen LogP contribution in [0.15, 0.2) is 0 Å². The van der Waals surface area contributed by atoms with E-state index in [0.29, 0.717) is 11.8 Å². The van der Waals surface area contributed by atoms with Crippen LogP contribution in [0.5, 0.6) is 0 Å². The quantitative estimate of drug-likeness (QED) is 0.707. The number of aliphatic carboxylic acids is 2. The summed E-state index contributed by atoms with van der Waals surface area (Å²) in [4.78, 5) is 19.9. The minimum Gasteiger partial charge on any atom is -0.481 e. The first-order chi connectivity index (χ1) is 6.43. The molecular weight excluding hydrogens is 184 g/mol. The molecule has 2 fully saturated rings. The molecule has 2 aliphatic rings. The number of hydrogen-bond donors (Lipinski definition) is 2. The van der Waals surface area contributed by atoms with Gasteiger partial charge in [-0.05, 0) is 24.7 Å². The van der Waals surface area contributed by atoms with Crippen molar-refractivity contribution in [2.75, 3.05) is 0 Å². The molecule has 4 heteroatoms. The second-order valence-electron chi connectivity index (χ2n) is 4.32. The molecule has 0 heterocycles. The Morgan fingerprint density at radius 1 is 0.929 bits per heavy atom. The van der Waals surface area contributed by atoms with E-state index in [9.17, 15) is 9.59 Å². The zero-order chi connectivity index (χ0) is 10.9. The maximum Gasteiger partial charge on any atom is 0.306 e. The lowest BCUT2D eigenvalue weighted by molar-refractivity contribution is -0.139. The van der Waals surface area contributed by atoms with Gasteiger partial charge in [0.1, 0.15) is 0 Å². The van der Waals surface area contributed by atoms with Gasteiger partial charge in [-0.15, -0.1) is 0 Å². The number of carboxylic acids is 2. The van der Waals surface area contributed by atoms with Crippen molar-refractivity contribution in [3.8, 4) is 0 Å². The van der Waals surface area contributed by atoms with Gasteiger partial charge in [0.05, 0.1) is 11.8 Å². The van der Waals surface area contributed by atoms with E-state index in [1.165, 1.54) is 0 Å². The van der Waals surface area contributed by atoms with Crippen LogP contribution in [-0.2, 0) is 9.59 Å². The highest BCUT2D eigenvalue weighted by Gasteiger charge is 2.39. The lowest BCUT2D eigenvalue weighted by atomic mass is 10.3. The Morgan fingerprint density at radius 3 is 1.14 bits per heavy atom. The monoisotopic (exact) mass is 200 g/mol. The molecule has 2 saturated carbocycles. The lowest BCUT2D eigenvalue weighted by Crippen LogP contribution is -1.97. The summed E-state index contributed by atoms with van der Waals surface area (Å²) in [5, 5.41) is 16.4. The standard InChI is InChI=1S/2C5H8O2/c2*1-3-2-4(3)5(6)7/h2*3-4H,2H2,1H3,(H,6,7)/t2*3-,4-/m10/s1. The average Bonchev–Trinajstić information content (AvgIpc) is 2.90. The summed E-state index contributed by atoms with van der Waals surface area (Å²) >= 11 is 0. The van der Waals surface area contributed by atoms with Gasteiger partial charge in [0.2, 0.25) is 0 Å². The molecule has 0 amide bonds. The van der Waals surface area contributed by atoms with E-state index in [4.69, 9.17) is 10.2 Å². The third-order valence-corrected chi connectivity index (χ3v) is 2.85. The molecule has 0 aromatic rings. The largest absolute Gasteiger partial charge is 0.481 e. The van der Waals surface area contributed by atoms with Gasteiger partial charge in [-0.1, -0.05) is 13.8 Å². The summed E-state index contributed by atoms with van der Waals surface area (Å²) < 4.78 is 0. The van der Waals surface area contributed by atoms with Gasteiger partial charge >= 0.3 is 11.9 Å². The van der Waals surface area contributed by atoms with Gasteiger partial charge in [0, 0.05) is 0 Å². The Labute approximate surface area is 82.9 Å². The summed E-state index contributed by atoms with van der Waals surface area (Å²) in [6, 6.07) is 0. The van der Waals surface area contributed by atoms with Crippen molar-refractivity contribution >= 4 is 11.9 Å². The van der Waals surface area contributed by atoms with Crippen LogP contribution in [0.2, 0.25) is 0 Å². The minimum atomic E-state index is -0.632. The molecule has 0 bridgehead atoms.